The summed E-state index contributed by atoms with van der Waals surface area (Å²) in [6.45, 7) is 3.64. The van der Waals surface area contributed by atoms with Gasteiger partial charge < -0.3 is 14.8 Å². The lowest BCUT2D eigenvalue weighted by atomic mass is 9.95. The Morgan fingerprint density at radius 2 is 2.19 bits per heavy atom. The number of carboxylic acids is 1. The Morgan fingerprint density at radius 3 is 2.76 bits per heavy atom. The monoisotopic (exact) mass is 294 g/mol. The number of unbranched alkanes of at least 4 members (excludes halogenated alkanes) is 1. The van der Waals surface area contributed by atoms with Crippen LogP contribution in [-0.2, 0) is 11.3 Å². The third kappa shape index (κ3) is 2.91. The molecule has 114 valence electrons. The van der Waals surface area contributed by atoms with E-state index in [1.807, 2.05) is 6.92 Å². The molecule has 2 rings (SSSR count). The van der Waals surface area contributed by atoms with Gasteiger partial charge >= 0.3 is 12.0 Å². The second-order valence-corrected chi connectivity index (χ2v) is 5.36. The van der Waals surface area contributed by atoms with Crippen molar-refractivity contribution in [1.29, 1.82) is 0 Å². The smallest absolute Gasteiger partial charge is 0.338 e. The Labute approximate surface area is 121 Å². The lowest BCUT2D eigenvalue weighted by Gasteiger charge is -2.20. The van der Waals surface area contributed by atoms with Crippen molar-refractivity contribution in [3.8, 4) is 0 Å². The molecule has 1 saturated heterocycles. The van der Waals surface area contributed by atoms with Crippen LogP contribution in [0.5, 0.6) is 0 Å². The van der Waals surface area contributed by atoms with Crippen LogP contribution in [0.3, 0.4) is 0 Å². The van der Waals surface area contributed by atoms with Crippen molar-refractivity contribution in [2.75, 3.05) is 0 Å². The summed E-state index contributed by atoms with van der Waals surface area (Å²) in [4.78, 5) is 36.2. The lowest BCUT2D eigenvalue weighted by molar-refractivity contribution is -0.131. The summed E-state index contributed by atoms with van der Waals surface area (Å²) in [6, 6.07) is 0.830. The second-order valence-electron chi connectivity index (χ2n) is 5.36. The van der Waals surface area contributed by atoms with Gasteiger partial charge in [0.1, 0.15) is 17.6 Å². The molecule has 1 atom stereocenters. The largest absolute Gasteiger partial charge is 0.478 e. The van der Waals surface area contributed by atoms with Gasteiger partial charge in [-0.1, -0.05) is 19.8 Å². The molecule has 0 radical (unpaired) electrons. The topological polar surface area (TPSA) is 99.8 Å². The predicted molar refractivity (Wildman–Crippen MR) is 72.7 cm³/mol. The first-order chi connectivity index (χ1) is 9.87. The van der Waals surface area contributed by atoms with Crippen LogP contribution in [0, 0.1) is 0 Å². The number of carbonyl (C=O) groups is 3. The first-order valence-electron chi connectivity index (χ1n) is 6.82. The molecular formula is C14H18N2O5. The predicted octanol–water partition coefficient (Wildman–Crippen LogP) is 1.98. The molecule has 2 N–H and O–H groups in total. The number of carbonyl (C=O) groups excluding carboxylic acids is 2. The van der Waals surface area contributed by atoms with Crippen LogP contribution in [0.25, 0.3) is 0 Å². The van der Waals surface area contributed by atoms with Crippen LogP contribution in [0.4, 0.5) is 4.79 Å². The van der Waals surface area contributed by atoms with Gasteiger partial charge in [0.2, 0.25) is 0 Å². The third-order valence-corrected chi connectivity index (χ3v) is 3.59. The van der Waals surface area contributed by atoms with Gasteiger partial charge in [-0.25, -0.2) is 9.59 Å². The summed E-state index contributed by atoms with van der Waals surface area (Å²) < 4.78 is 5.08. The zero-order valence-corrected chi connectivity index (χ0v) is 12.0. The first kappa shape index (κ1) is 15.1. The first-order valence-corrected chi connectivity index (χ1v) is 6.82. The molecule has 0 spiro atoms. The standard InChI is InChI=1S/C14H18N2O5/c1-3-4-5-14(2)12(19)16(13(20)15-14)7-10-6-9(8-21-10)11(17)18/h6,8H,3-5,7H2,1-2H3,(H,15,20)(H,17,18). The number of hydrogen-bond donors (Lipinski definition) is 2. The van der Waals surface area contributed by atoms with Gasteiger partial charge in [-0.15, -0.1) is 0 Å². The molecule has 1 aromatic heterocycles. The van der Waals surface area contributed by atoms with E-state index in [1.54, 1.807) is 6.92 Å². The van der Waals surface area contributed by atoms with E-state index in [0.717, 1.165) is 24.0 Å². The highest BCUT2D eigenvalue weighted by molar-refractivity contribution is 6.06. The quantitative estimate of drug-likeness (QED) is 0.781. The van der Waals surface area contributed by atoms with E-state index in [-0.39, 0.29) is 23.8 Å². The Balaban J connectivity index is 2.11. The highest BCUT2D eigenvalue weighted by atomic mass is 16.4. The number of urea groups is 1. The van der Waals surface area contributed by atoms with Gasteiger partial charge in [-0.2, -0.15) is 0 Å². The molecule has 1 aromatic rings. The fourth-order valence-electron chi connectivity index (χ4n) is 2.32. The van der Waals surface area contributed by atoms with Gasteiger partial charge in [-0.3, -0.25) is 9.69 Å². The average molecular weight is 294 g/mol. The number of hydrogen-bond acceptors (Lipinski definition) is 4. The van der Waals surface area contributed by atoms with E-state index in [4.69, 9.17) is 9.52 Å². The van der Waals surface area contributed by atoms with Crippen molar-refractivity contribution < 1.29 is 23.9 Å². The van der Waals surface area contributed by atoms with E-state index in [0.29, 0.717) is 6.42 Å². The van der Waals surface area contributed by atoms with Gasteiger partial charge in [0.25, 0.3) is 5.91 Å². The molecule has 0 saturated carbocycles. The maximum absolute atomic E-state index is 12.4. The van der Waals surface area contributed by atoms with E-state index in [1.165, 1.54) is 6.07 Å². The van der Waals surface area contributed by atoms with Crippen LogP contribution in [0.1, 0.15) is 49.2 Å². The minimum absolute atomic E-state index is 0.00852. The molecule has 0 aromatic carbocycles. The van der Waals surface area contributed by atoms with E-state index >= 15 is 0 Å². The number of carboxylic acid groups (broad SMARTS) is 1. The molecule has 3 amide bonds. The normalized spacial score (nSPS) is 21.7. The third-order valence-electron chi connectivity index (χ3n) is 3.59. The molecule has 0 aliphatic carbocycles. The van der Waals surface area contributed by atoms with E-state index in [2.05, 4.69) is 5.32 Å². The van der Waals surface area contributed by atoms with Crippen LogP contribution >= 0.6 is 0 Å². The summed E-state index contributed by atoms with van der Waals surface area (Å²) >= 11 is 0. The fraction of sp³-hybridized carbons (Fsp3) is 0.500. The molecule has 1 fully saturated rings. The molecule has 2 heterocycles. The zero-order valence-electron chi connectivity index (χ0n) is 12.0. The van der Waals surface area contributed by atoms with E-state index < -0.39 is 17.5 Å². The van der Waals surface area contributed by atoms with E-state index in [9.17, 15) is 14.4 Å². The Kier molecular flexibility index (Phi) is 4.02. The lowest BCUT2D eigenvalue weighted by Crippen LogP contribution is -2.43. The van der Waals surface area contributed by atoms with Crippen molar-refractivity contribution in [2.24, 2.45) is 0 Å². The Hall–Kier alpha value is -2.31. The maximum atomic E-state index is 12.4. The van der Waals surface area contributed by atoms with Crippen molar-refractivity contribution in [2.45, 2.75) is 45.2 Å². The summed E-state index contributed by atoms with van der Waals surface area (Å²) in [7, 11) is 0. The number of rotatable bonds is 6. The van der Waals surface area contributed by atoms with Gasteiger partial charge in [0.15, 0.2) is 0 Å². The number of nitrogens with zero attached hydrogens (tertiary/aromatic N) is 1. The summed E-state index contributed by atoms with van der Waals surface area (Å²) in [5.41, 5.74) is -0.902. The van der Waals surface area contributed by atoms with Crippen LogP contribution < -0.4 is 5.32 Å². The van der Waals surface area contributed by atoms with Crippen molar-refractivity contribution in [1.82, 2.24) is 10.2 Å². The second kappa shape index (κ2) is 5.59. The number of imide groups is 1. The Bertz CT molecular complexity index is 580. The summed E-state index contributed by atoms with van der Waals surface area (Å²) in [6.07, 6.45) is 3.43. The fourth-order valence-corrected chi connectivity index (χ4v) is 2.32. The highest BCUT2D eigenvalue weighted by Crippen LogP contribution is 2.25. The van der Waals surface area contributed by atoms with Crippen LogP contribution in [0.15, 0.2) is 16.7 Å². The number of amides is 3. The summed E-state index contributed by atoms with van der Waals surface area (Å²) in [5.74, 6) is -1.17. The molecule has 1 unspecified atom stereocenters. The van der Waals surface area contributed by atoms with Crippen molar-refractivity contribution in [3.05, 3.63) is 23.7 Å². The molecule has 1 aliphatic rings. The number of nitrogens with one attached hydrogen (secondary N) is 1. The molecule has 21 heavy (non-hydrogen) atoms. The SMILES string of the molecule is CCCCC1(C)NC(=O)N(Cc2cc(C(=O)O)co2)C1=O. The minimum atomic E-state index is -1.12. The molecule has 7 nitrogen and oxygen atoms in total. The number of aromatic carboxylic acids is 1. The highest BCUT2D eigenvalue weighted by Gasteiger charge is 2.47. The van der Waals surface area contributed by atoms with Gasteiger partial charge in [-0.05, 0) is 19.4 Å². The van der Waals surface area contributed by atoms with Gasteiger partial charge in [0, 0.05) is 0 Å². The maximum Gasteiger partial charge on any atom is 0.338 e. The number of furan rings is 1. The molecule has 7 heteroatoms. The summed E-state index contributed by atoms with van der Waals surface area (Å²) in [5, 5.41) is 11.5. The minimum Gasteiger partial charge on any atom is -0.478 e. The van der Waals surface area contributed by atoms with Crippen molar-refractivity contribution >= 4 is 17.9 Å². The average Bonchev–Trinajstić information content (AvgIpc) is 2.97. The van der Waals surface area contributed by atoms with Crippen LogP contribution in [-0.4, -0.2) is 33.5 Å². The Morgan fingerprint density at radius 1 is 1.48 bits per heavy atom. The zero-order chi connectivity index (χ0) is 15.6. The van der Waals surface area contributed by atoms with Crippen molar-refractivity contribution in [3.63, 3.8) is 0 Å². The van der Waals surface area contributed by atoms with Gasteiger partial charge in [0.05, 0.1) is 12.1 Å². The molecular weight excluding hydrogens is 276 g/mol. The molecule has 1 aliphatic heterocycles. The molecule has 0 bridgehead atoms. The van der Waals surface area contributed by atoms with Crippen LogP contribution in [0.2, 0.25) is 0 Å².